The molecule has 0 spiro atoms. The summed E-state index contributed by atoms with van der Waals surface area (Å²) in [5, 5.41) is -2.89. The van der Waals surface area contributed by atoms with E-state index in [1.165, 1.54) is 0 Å². The third kappa shape index (κ3) is 1.78. The second-order valence-electron chi connectivity index (χ2n) is 2.14. The van der Waals surface area contributed by atoms with E-state index in [-0.39, 0.29) is 0 Å². The smallest absolute Gasteiger partial charge is 0.225 e. The molecule has 0 aliphatic carbocycles. The van der Waals surface area contributed by atoms with E-state index < -0.39 is 27.4 Å². The second-order valence-corrected chi connectivity index (χ2v) is 3.79. The fourth-order valence-electron chi connectivity index (χ4n) is 0.483. The highest BCUT2D eigenvalue weighted by molar-refractivity contribution is 7.90. The molecule has 86 valence electrons. The van der Waals surface area contributed by atoms with Crippen molar-refractivity contribution in [2.24, 2.45) is 5.14 Å². The predicted octanol–water partition coefficient (Wildman–Crippen LogP) is 1.07. The van der Waals surface area contributed by atoms with Gasteiger partial charge in [0.25, 0.3) is 10.0 Å². The van der Waals surface area contributed by atoms with E-state index in [0.29, 0.717) is 0 Å². The fraction of sp³-hybridized carbons (Fsp3) is 1.00. The molecule has 0 aromatic rings. The highest BCUT2D eigenvalue weighted by Gasteiger charge is 2.80. The minimum absolute atomic E-state index is 3.54. The van der Waals surface area contributed by atoms with Crippen molar-refractivity contribution in [3.63, 3.8) is 0 Å². The van der Waals surface area contributed by atoms with Crippen LogP contribution >= 0.6 is 0 Å². The van der Waals surface area contributed by atoms with E-state index in [1.807, 2.05) is 0 Å². The Morgan fingerprint density at radius 1 is 0.786 bits per heavy atom. The van der Waals surface area contributed by atoms with Crippen LogP contribution in [-0.4, -0.2) is 25.8 Å². The molecule has 0 saturated heterocycles. The molecule has 0 amide bonds. The molecular weight excluding hydrogens is 247 g/mol. The van der Waals surface area contributed by atoms with Crippen LogP contribution in [0.4, 0.5) is 30.7 Å². The molecule has 0 rings (SSSR count). The first-order valence-corrected chi connectivity index (χ1v) is 4.14. The fourth-order valence-corrected chi connectivity index (χ4v) is 1.13. The Morgan fingerprint density at radius 2 is 1.00 bits per heavy atom. The molecule has 3 nitrogen and oxygen atoms in total. The van der Waals surface area contributed by atoms with Crippen molar-refractivity contribution in [3.05, 3.63) is 0 Å². The quantitative estimate of drug-likeness (QED) is 0.706. The molecule has 11 heteroatoms. The van der Waals surface area contributed by atoms with Crippen LogP contribution in [0.1, 0.15) is 0 Å². The zero-order chi connectivity index (χ0) is 12.0. The maximum atomic E-state index is 12.3. The summed E-state index contributed by atoms with van der Waals surface area (Å²) in [7, 11) is -6.50. The summed E-state index contributed by atoms with van der Waals surface area (Å²) in [6.45, 7) is 0. The van der Waals surface area contributed by atoms with Crippen molar-refractivity contribution < 1.29 is 39.2 Å². The van der Waals surface area contributed by atoms with Crippen LogP contribution in [0.5, 0.6) is 0 Å². The molecule has 0 saturated carbocycles. The van der Waals surface area contributed by atoms with Gasteiger partial charge in [0.1, 0.15) is 0 Å². The van der Waals surface area contributed by atoms with Crippen LogP contribution < -0.4 is 5.14 Å². The highest BCUT2D eigenvalue weighted by atomic mass is 32.2. The summed E-state index contributed by atoms with van der Waals surface area (Å²) >= 11 is 0. The van der Waals surface area contributed by atoms with Crippen LogP contribution in [0.3, 0.4) is 0 Å². The first-order valence-electron chi connectivity index (χ1n) is 2.60. The van der Waals surface area contributed by atoms with Crippen LogP contribution in [0.25, 0.3) is 0 Å². The number of hydrogen-bond acceptors (Lipinski definition) is 2. The van der Waals surface area contributed by atoms with Crippen molar-refractivity contribution in [1.29, 1.82) is 0 Å². The van der Waals surface area contributed by atoms with Crippen LogP contribution in [0.2, 0.25) is 0 Å². The number of hydrogen-bond donors (Lipinski definition) is 1. The van der Waals surface area contributed by atoms with Gasteiger partial charge in [0, 0.05) is 0 Å². The van der Waals surface area contributed by atoms with Gasteiger partial charge in [-0.2, -0.15) is 26.3 Å². The minimum Gasteiger partial charge on any atom is -0.225 e. The lowest BCUT2D eigenvalue weighted by Crippen LogP contribution is -2.60. The second kappa shape index (κ2) is 2.95. The van der Waals surface area contributed by atoms with Crippen molar-refractivity contribution >= 4 is 10.0 Å². The number of sulfonamides is 1. The van der Waals surface area contributed by atoms with E-state index in [4.69, 9.17) is 0 Å². The van der Waals surface area contributed by atoms with Gasteiger partial charge in [0.15, 0.2) is 0 Å². The maximum absolute atomic E-state index is 12.3. The average molecular weight is 249 g/mol. The molecule has 0 aromatic heterocycles. The molecule has 0 atom stereocenters. The summed E-state index contributed by atoms with van der Waals surface area (Å²) in [4.78, 5) is 0. The van der Waals surface area contributed by atoms with Gasteiger partial charge < -0.3 is 0 Å². The third-order valence-electron chi connectivity index (χ3n) is 1.12. The van der Waals surface area contributed by atoms with Gasteiger partial charge in [-0.15, -0.1) is 0 Å². The molecule has 14 heavy (non-hydrogen) atoms. The standard InChI is InChI=1S/C3H2F7NO2S/c4-1(2(5,6)7,3(8,9)10)14(11,12)13/h(H2,11,12,13). The Hall–Kier alpha value is -0.580. The first-order chi connectivity index (χ1) is 5.75. The van der Waals surface area contributed by atoms with Crippen LogP contribution in [0, 0.1) is 0 Å². The van der Waals surface area contributed by atoms with E-state index in [0.717, 1.165) is 0 Å². The van der Waals surface area contributed by atoms with Gasteiger partial charge in [0.05, 0.1) is 0 Å². The van der Waals surface area contributed by atoms with Gasteiger partial charge in [-0.05, 0) is 0 Å². The largest absolute Gasteiger partial charge is 0.448 e. The Balaban J connectivity index is 5.81. The van der Waals surface area contributed by atoms with Gasteiger partial charge >= 0.3 is 17.4 Å². The SMILES string of the molecule is NS(=O)(=O)C(F)(C(F)(F)F)C(F)(F)F. The third-order valence-corrected chi connectivity index (χ3v) is 2.37. The molecule has 0 bridgehead atoms. The lowest BCUT2D eigenvalue weighted by molar-refractivity contribution is -0.305. The van der Waals surface area contributed by atoms with E-state index in [2.05, 4.69) is 5.14 Å². The molecule has 0 unspecified atom stereocenters. The van der Waals surface area contributed by atoms with Crippen molar-refractivity contribution in [2.45, 2.75) is 17.4 Å². The Bertz CT molecular complexity index is 299. The topological polar surface area (TPSA) is 60.2 Å². The van der Waals surface area contributed by atoms with Gasteiger partial charge in [-0.25, -0.2) is 17.9 Å². The van der Waals surface area contributed by atoms with Crippen molar-refractivity contribution in [3.8, 4) is 0 Å². The predicted molar refractivity (Wildman–Crippen MR) is 29.1 cm³/mol. The van der Waals surface area contributed by atoms with Crippen LogP contribution in [-0.2, 0) is 10.0 Å². The molecule has 0 heterocycles. The normalized spacial score (nSPS) is 15.7. The van der Waals surface area contributed by atoms with E-state index in [1.54, 1.807) is 0 Å². The van der Waals surface area contributed by atoms with Gasteiger partial charge in [0.2, 0.25) is 0 Å². The van der Waals surface area contributed by atoms with E-state index in [9.17, 15) is 39.2 Å². The number of alkyl halides is 7. The van der Waals surface area contributed by atoms with Gasteiger partial charge in [-0.1, -0.05) is 0 Å². The zero-order valence-corrected chi connectivity index (χ0v) is 6.76. The molecule has 0 radical (unpaired) electrons. The lowest BCUT2D eigenvalue weighted by atomic mass is 10.3. The molecule has 0 aliphatic rings. The monoisotopic (exact) mass is 249 g/mol. The maximum Gasteiger partial charge on any atom is 0.448 e. The number of primary sulfonamides is 1. The first kappa shape index (κ1) is 13.4. The summed E-state index contributed by atoms with van der Waals surface area (Å²) in [5.41, 5.74) is 0. The molecule has 2 N–H and O–H groups in total. The average Bonchev–Trinajstić information content (AvgIpc) is 1.77. The summed E-state index contributed by atoms with van der Waals surface area (Å²) < 4.78 is 101. The Kier molecular flexibility index (Phi) is 2.83. The summed E-state index contributed by atoms with van der Waals surface area (Å²) in [5.74, 6) is 0. The van der Waals surface area contributed by atoms with E-state index >= 15 is 0 Å². The summed E-state index contributed by atoms with van der Waals surface area (Å²) in [6, 6.07) is 0. The Labute approximate surface area is 72.7 Å². The zero-order valence-electron chi connectivity index (χ0n) is 5.95. The minimum atomic E-state index is -6.68. The summed E-state index contributed by atoms with van der Waals surface area (Å²) in [6.07, 6.45) is -13.4. The molecular formula is C3H2F7NO2S. The molecule has 0 fully saturated rings. The van der Waals surface area contributed by atoms with Crippen molar-refractivity contribution in [1.82, 2.24) is 0 Å². The van der Waals surface area contributed by atoms with Crippen molar-refractivity contribution in [2.75, 3.05) is 0 Å². The number of halogens is 7. The highest BCUT2D eigenvalue weighted by Crippen LogP contribution is 2.48. The molecule has 0 aromatic carbocycles. The number of rotatable bonds is 1. The van der Waals surface area contributed by atoms with Crippen LogP contribution in [0.15, 0.2) is 0 Å². The van der Waals surface area contributed by atoms with Gasteiger partial charge in [-0.3, -0.25) is 0 Å². The molecule has 0 aliphatic heterocycles. The number of nitrogens with two attached hydrogens (primary N) is 1. The lowest BCUT2D eigenvalue weighted by Gasteiger charge is -2.27. The Morgan fingerprint density at radius 3 is 1.00 bits per heavy atom.